The SMILES string of the molecule is O=S(=O)(CC1CCN(c2cc[nH]c3cnc4nccc4c23)CC1)NC1CCC1. The van der Waals surface area contributed by atoms with Crippen LogP contribution in [0.15, 0.2) is 30.7 Å². The van der Waals surface area contributed by atoms with Gasteiger partial charge in [0.1, 0.15) is 0 Å². The number of H-pyrrole nitrogens is 1. The van der Waals surface area contributed by atoms with Crippen molar-refractivity contribution in [1.82, 2.24) is 19.7 Å². The van der Waals surface area contributed by atoms with Crippen LogP contribution in [0.5, 0.6) is 0 Å². The van der Waals surface area contributed by atoms with Crippen molar-refractivity contribution in [3.63, 3.8) is 0 Å². The average molecular weight is 400 g/mol. The first kappa shape index (κ1) is 17.9. The van der Waals surface area contributed by atoms with E-state index in [0.29, 0.717) is 0 Å². The molecule has 1 saturated carbocycles. The van der Waals surface area contributed by atoms with Crippen LogP contribution in [0.25, 0.3) is 21.9 Å². The Bertz CT molecular complexity index is 1100. The largest absolute Gasteiger partial charge is 0.371 e. The molecule has 2 N–H and O–H groups in total. The fraction of sp³-hybridized carbons (Fsp3) is 0.500. The predicted octanol–water partition coefficient (Wildman–Crippen LogP) is 2.80. The van der Waals surface area contributed by atoms with E-state index in [9.17, 15) is 8.42 Å². The summed E-state index contributed by atoms with van der Waals surface area (Å²) in [4.78, 5) is 14.4. The Hall–Kier alpha value is -2.19. The van der Waals surface area contributed by atoms with E-state index in [-0.39, 0.29) is 17.7 Å². The Morgan fingerprint density at radius 2 is 1.96 bits per heavy atom. The summed E-state index contributed by atoms with van der Waals surface area (Å²) >= 11 is 0. The fourth-order valence-corrected chi connectivity index (χ4v) is 6.18. The van der Waals surface area contributed by atoms with Gasteiger partial charge in [-0.05, 0) is 43.7 Å². The van der Waals surface area contributed by atoms with Crippen LogP contribution in [0, 0.1) is 5.92 Å². The molecule has 0 aromatic carbocycles. The van der Waals surface area contributed by atoms with Crippen molar-refractivity contribution in [3.8, 4) is 0 Å². The highest BCUT2D eigenvalue weighted by molar-refractivity contribution is 7.89. The number of pyridine rings is 2. The van der Waals surface area contributed by atoms with Crippen LogP contribution in [-0.2, 0) is 10.0 Å². The number of aromatic nitrogens is 3. The van der Waals surface area contributed by atoms with Crippen LogP contribution >= 0.6 is 0 Å². The Morgan fingerprint density at radius 3 is 2.71 bits per heavy atom. The first-order valence-electron chi connectivity index (χ1n) is 10.0. The van der Waals surface area contributed by atoms with E-state index in [1.807, 2.05) is 18.5 Å². The number of hydrogen-bond donors (Lipinski definition) is 2. The number of anilines is 1. The second-order valence-electron chi connectivity index (χ2n) is 8.05. The number of hydrogen-bond acceptors (Lipinski definition) is 5. The number of nitrogens with one attached hydrogen (secondary N) is 2. The van der Waals surface area contributed by atoms with E-state index in [1.54, 1.807) is 6.20 Å². The number of aromatic amines is 1. The van der Waals surface area contributed by atoms with E-state index in [0.717, 1.165) is 67.1 Å². The summed E-state index contributed by atoms with van der Waals surface area (Å²) in [5.74, 6) is 0.472. The molecule has 0 spiro atoms. The molecule has 3 aromatic rings. The van der Waals surface area contributed by atoms with Crippen LogP contribution in [0.3, 0.4) is 0 Å². The van der Waals surface area contributed by atoms with Gasteiger partial charge >= 0.3 is 0 Å². The molecule has 8 heteroatoms. The Labute approximate surface area is 164 Å². The molecule has 4 heterocycles. The molecule has 2 fully saturated rings. The molecule has 0 radical (unpaired) electrons. The predicted molar refractivity (Wildman–Crippen MR) is 111 cm³/mol. The molecule has 28 heavy (non-hydrogen) atoms. The Balaban J connectivity index is 1.32. The third-order valence-electron chi connectivity index (χ3n) is 6.13. The third-order valence-corrected chi connectivity index (χ3v) is 7.73. The third kappa shape index (κ3) is 3.35. The zero-order valence-corrected chi connectivity index (χ0v) is 16.6. The number of sulfonamides is 1. The molecule has 1 aliphatic carbocycles. The van der Waals surface area contributed by atoms with Gasteiger partial charge in [0.05, 0.1) is 17.5 Å². The minimum Gasteiger partial charge on any atom is -0.371 e. The molecular weight excluding hydrogens is 374 g/mol. The standard InChI is InChI=1S/C20H25N5O2S/c26-28(27,24-15-2-1-3-15)13-14-6-10-25(11-7-14)18-5-9-21-17-12-23-20-16(19(17)18)4-8-22-20/h4-5,8-9,12,14-15,21,24H,1-3,6-7,10-11,13H2. The van der Waals surface area contributed by atoms with Gasteiger partial charge in [-0.2, -0.15) is 0 Å². The van der Waals surface area contributed by atoms with Gasteiger partial charge in [0.25, 0.3) is 0 Å². The molecule has 0 amide bonds. The summed E-state index contributed by atoms with van der Waals surface area (Å²) in [5.41, 5.74) is 2.92. The monoisotopic (exact) mass is 399 g/mol. The summed E-state index contributed by atoms with van der Waals surface area (Å²) in [7, 11) is -3.17. The molecule has 148 valence electrons. The number of nitrogens with zero attached hydrogens (tertiary/aromatic N) is 3. The summed E-state index contributed by atoms with van der Waals surface area (Å²) in [6.07, 6.45) is 10.4. The second-order valence-corrected chi connectivity index (χ2v) is 9.85. The fourth-order valence-electron chi connectivity index (χ4n) is 4.38. The zero-order chi connectivity index (χ0) is 19.1. The molecule has 2 aliphatic rings. The lowest BCUT2D eigenvalue weighted by molar-refractivity contribution is 0.378. The highest BCUT2D eigenvalue weighted by Crippen LogP contribution is 2.33. The van der Waals surface area contributed by atoms with E-state index >= 15 is 0 Å². The van der Waals surface area contributed by atoms with Crippen molar-refractivity contribution in [2.45, 2.75) is 38.1 Å². The van der Waals surface area contributed by atoms with Crippen molar-refractivity contribution >= 4 is 37.6 Å². The molecule has 1 saturated heterocycles. The first-order chi connectivity index (χ1) is 13.6. The van der Waals surface area contributed by atoms with Crippen LogP contribution in [0.2, 0.25) is 0 Å². The van der Waals surface area contributed by atoms with Gasteiger partial charge in [-0.1, -0.05) is 6.42 Å². The molecule has 1 aliphatic heterocycles. The van der Waals surface area contributed by atoms with Crippen LogP contribution in [0.1, 0.15) is 32.1 Å². The summed E-state index contributed by atoms with van der Waals surface area (Å²) < 4.78 is 27.7. The van der Waals surface area contributed by atoms with Crippen molar-refractivity contribution < 1.29 is 8.42 Å². The van der Waals surface area contributed by atoms with Gasteiger partial charge in [0, 0.05) is 48.0 Å². The Kier molecular flexibility index (Phi) is 4.47. The van der Waals surface area contributed by atoms with Crippen molar-refractivity contribution in [3.05, 3.63) is 30.7 Å². The van der Waals surface area contributed by atoms with Crippen LogP contribution < -0.4 is 9.62 Å². The van der Waals surface area contributed by atoms with Gasteiger partial charge in [0.15, 0.2) is 5.65 Å². The van der Waals surface area contributed by atoms with Gasteiger partial charge in [-0.3, -0.25) is 0 Å². The lowest BCUT2D eigenvalue weighted by Crippen LogP contribution is -2.43. The first-order valence-corrected chi connectivity index (χ1v) is 11.7. The van der Waals surface area contributed by atoms with E-state index < -0.39 is 10.0 Å². The molecule has 3 aromatic heterocycles. The number of fused-ring (bicyclic) bond motifs is 3. The molecule has 0 unspecified atom stereocenters. The lowest BCUT2D eigenvalue weighted by atomic mass is 9.94. The maximum atomic E-state index is 12.4. The van der Waals surface area contributed by atoms with E-state index in [2.05, 4.69) is 30.6 Å². The highest BCUT2D eigenvalue weighted by atomic mass is 32.2. The van der Waals surface area contributed by atoms with Crippen molar-refractivity contribution in [1.29, 1.82) is 0 Å². The summed E-state index contributed by atoms with van der Waals surface area (Å²) in [6, 6.07) is 4.28. The number of rotatable bonds is 5. The summed E-state index contributed by atoms with van der Waals surface area (Å²) in [5, 5.41) is 2.20. The van der Waals surface area contributed by atoms with Crippen LogP contribution in [-0.4, -0.2) is 48.3 Å². The lowest BCUT2D eigenvalue weighted by Gasteiger charge is -2.34. The molecule has 0 atom stereocenters. The molecular formula is C20H25N5O2S. The molecule has 7 nitrogen and oxygen atoms in total. The normalized spacial score (nSPS) is 19.4. The van der Waals surface area contributed by atoms with Crippen LogP contribution in [0.4, 0.5) is 5.69 Å². The van der Waals surface area contributed by atoms with Gasteiger partial charge in [-0.15, -0.1) is 0 Å². The minimum absolute atomic E-state index is 0.172. The van der Waals surface area contributed by atoms with E-state index in [4.69, 9.17) is 0 Å². The highest BCUT2D eigenvalue weighted by Gasteiger charge is 2.28. The van der Waals surface area contributed by atoms with Gasteiger partial charge in [-0.25, -0.2) is 23.1 Å². The minimum atomic E-state index is -3.17. The van der Waals surface area contributed by atoms with Gasteiger partial charge in [0.2, 0.25) is 10.0 Å². The zero-order valence-electron chi connectivity index (χ0n) is 15.8. The summed E-state index contributed by atoms with van der Waals surface area (Å²) in [6.45, 7) is 1.72. The van der Waals surface area contributed by atoms with E-state index in [1.165, 1.54) is 5.69 Å². The maximum absolute atomic E-state index is 12.4. The Morgan fingerprint density at radius 1 is 1.14 bits per heavy atom. The molecule has 5 rings (SSSR count). The van der Waals surface area contributed by atoms with Crippen molar-refractivity contribution in [2.24, 2.45) is 5.92 Å². The molecule has 0 bridgehead atoms. The maximum Gasteiger partial charge on any atom is 0.212 e. The van der Waals surface area contributed by atoms with Gasteiger partial charge < -0.3 is 9.88 Å². The number of piperidine rings is 1. The quantitative estimate of drug-likeness (QED) is 0.688. The smallest absolute Gasteiger partial charge is 0.212 e. The topological polar surface area (TPSA) is 91.0 Å². The second kappa shape index (κ2) is 7.00. The van der Waals surface area contributed by atoms with Crippen molar-refractivity contribution in [2.75, 3.05) is 23.7 Å². The average Bonchev–Trinajstić information content (AvgIpc) is 3.14.